The van der Waals surface area contributed by atoms with E-state index in [0.29, 0.717) is 42.6 Å². The second-order valence-electron chi connectivity index (χ2n) is 6.04. The minimum Gasteiger partial charge on any atom is -0.490 e. The Morgan fingerprint density at radius 1 is 0.867 bits per heavy atom. The van der Waals surface area contributed by atoms with E-state index in [2.05, 4.69) is 15.8 Å². The zero-order valence-corrected chi connectivity index (χ0v) is 17.8. The molecule has 0 saturated heterocycles. The summed E-state index contributed by atoms with van der Waals surface area (Å²) in [6.45, 7) is 6.74. The Morgan fingerprint density at radius 3 is 2.07 bits per heavy atom. The molecule has 2 N–H and O–H groups in total. The standard InChI is InChI=1S/C21H23N3O5S/c1-4-27-16-9-14(10-17(28-5-2)19(16)29-6-3)21(26)24-23-20(25)13-7-8-15-18(11-13)30-12-22-15/h7-12H,4-6H2,1-3H3,(H,23,25)(H,24,26). The number of hydrazine groups is 1. The lowest BCUT2D eigenvalue weighted by molar-refractivity contribution is 0.0846. The topological polar surface area (TPSA) is 98.8 Å². The molecular weight excluding hydrogens is 406 g/mol. The van der Waals surface area contributed by atoms with Crippen molar-refractivity contribution in [3.8, 4) is 17.2 Å². The molecule has 0 aliphatic heterocycles. The Kier molecular flexibility index (Phi) is 7.08. The molecule has 3 aromatic rings. The lowest BCUT2D eigenvalue weighted by Gasteiger charge is -2.17. The highest BCUT2D eigenvalue weighted by Gasteiger charge is 2.19. The van der Waals surface area contributed by atoms with Crippen LogP contribution in [0.5, 0.6) is 17.2 Å². The highest BCUT2D eigenvalue weighted by atomic mass is 32.1. The zero-order valence-electron chi connectivity index (χ0n) is 17.0. The zero-order chi connectivity index (χ0) is 21.5. The maximum Gasteiger partial charge on any atom is 0.269 e. The Morgan fingerprint density at radius 2 is 1.47 bits per heavy atom. The van der Waals surface area contributed by atoms with E-state index in [1.165, 1.54) is 11.3 Å². The van der Waals surface area contributed by atoms with Crippen LogP contribution < -0.4 is 25.1 Å². The number of benzene rings is 2. The van der Waals surface area contributed by atoms with Crippen molar-refractivity contribution in [1.29, 1.82) is 0 Å². The first kappa shape index (κ1) is 21.4. The molecule has 158 valence electrons. The molecule has 2 amide bonds. The minimum absolute atomic E-state index is 0.267. The molecule has 8 nitrogen and oxygen atoms in total. The van der Waals surface area contributed by atoms with E-state index in [9.17, 15) is 9.59 Å². The van der Waals surface area contributed by atoms with Crippen LogP contribution in [0.1, 0.15) is 41.5 Å². The summed E-state index contributed by atoms with van der Waals surface area (Å²) in [5, 5.41) is 0. The summed E-state index contributed by atoms with van der Waals surface area (Å²) in [7, 11) is 0. The fourth-order valence-corrected chi connectivity index (χ4v) is 3.49. The maximum absolute atomic E-state index is 12.6. The summed E-state index contributed by atoms with van der Waals surface area (Å²) in [6.07, 6.45) is 0. The molecular formula is C21H23N3O5S. The Hall–Kier alpha value is -3.33. The van der Waals surface area contributed by atoms with Gasteiger partial charge in [-0.1, -0.05) is 0 Å². The molecule has 0 spiro atoms. The second-order valence-corrected chi connectivity index (χ2v) is 6.93. The van der Waals surface area contributed by atoms with E-state index >= 15 is 0 Å². The number of nitrogens with one attached hydrogen (secondary N) is 2. The predicted octanol–water partition coefficient (Wildman–Crippen LogP) is 3.57. The van der Waals surface area contributed by atoms with Gasteiger partial charge in [0.25, 0.3) is 11.8 Å². The van der Waals surface area contributed by atoms with Gasteiger partial charge < -0.3 is 14.2 Å². The van der Waals surface area contributed by atoms with Crippen molar-refractivity contribution in [2.45, 2.75) is 20.8 Å². The van der Waals surface area contributed by atoms with Gasteiger partial charge in [-0.2, -0.15) is 0 Å². The van der Waals surface area contributed by atoms with Gasteiger partial charge >= 0.3 is 0 Å². The van der Waals surface area contributed by atoms with E-state index in [4.69, 9.17) is 14.2 Å². The number of rotatable bonds is 8. The minimum atomic E-state index is -0.507. The first-order valence-corrected chi connectivity index (χ1v) is 10.5. The summed E-state index contributed by atoms with van der Waals surface area (Å²) in [4.78, 5) is 29.2. The van der Waals surface area contributed by atoms with Gasteiger partial charge in [-0.3, -0.25) is 20.4 Å². The monoisotopic (exact) mass is 429 g/mol. The molecule has 0 radical (unpaired) electrons. The Bertz CT molecular complexity index is 1020. The van der Waals surface area contributed by atoms with Crippen molar-refractivity contribution in [2.24, 2.45) is 0 Å². The van der Waals surface area contributed by atoms with Crippen molar-refractivity contribution in [3.05, 3.63) is 47.0 Å². The van der Waals surface area contributed by atoms with Crippen LogP contribution in [0.3, 0.4) is 0 Å². The van der Waals surface area contributed by atoms with Gasteiger partial charge in [-0.15, -0.1) is 11.3 Å². The van der Waals surface area contributed by atoms with E-state index in [0.717, 1.165) is 10.2 Å². The van der Waals surface area contributed by atoms with Crippen LogP contribution in [0.15, 0.2) is 35.8 Å². The predicted molar refractivity (Wildman–Crippen MR) is 115 cm³/mol. The largest absolute Gasteiger partial charge is 0.490 e. The summed E-state index contributed by atoms with van der Waals surface area (Å²) >= 11 is 1.44. The number of aromatic nitrogens is 1. The van der Waals surface area contributed by atoms with Crippen LogP contribution in [-0.4, -0.2) is 36.6 Å². The highest BCUT2D eigenvalue weighted by molar-refractivity contribution is 7.16. The molecule has 1 heterocycles. The summed E-state index contributed by atoms with van der Waals surface area (Å²) < 4.78 is 17.8. The summed E-state index contributed by atoms with van der Waals surface area (Å²) in [5.41, 5.74) is 8.08. The third-order valence-electron chi connectivity index (χ3n) is 4.05. The van der Waals surface area contributed by atoms with Crippen molar-refractivity contribution in [1.82, 2.24) is 15.8 Å². The van der Waals surface area contributed by atoms with Crippen LogP contribution in [0.2, 0.25) is 0 Å². The van der Waals surface area contributed by atoms with Crippen molar-refractivity contribution in [3.63, 3.8) is 0 Å². The first-order valence-electron chi connectivity index (χ1n) is 9.57. The molecule has 9 heteroatoms. The summed E-state index contributed by atoms with van der Waals surface area (Å²) in [5.74, 6) is 0.307. The van der Waals surface area contributed by atoms with Gasteiger partial charge in [0.1, 0.15) is 0 Å². The van der Waals surface area contributed by atoms with Gasteiger partial charge in [0.15, 0.2) is 11.5 Å². The highest BCUT2D eigenvalue weighted by Crippen LogP contribution is 2.39. The molecule has 3 rings (SSSR count). The van der Waals surface area contributed by atoms with E-state index in [1.54, 1.807) is 35.8 Å². The fourth-order valence-electron chi connectivity index (χ4n) is 2.77. The second kappa shape index (κ2) is 9.93. The normalized spacial score (nSPS) is 10.5. The lowest BCUT2D eigenvalue weighted by atomic mass is 10.1. The molecule has 30 heavy (non-hydrogen) atoms. The quantitative estimate of drug-likeness (QED) is 0.531. The third-order valence-corrected chi connectivity index (χ3v) is 4.85. The molecule has 0 aliphatic carbocycles. The number of hydrogen-bond acceptors (Lipinski definition) is 7. The number of fused-ring (bicyclic) bond motifs is 1. The molecule has 0 fully saturated rings. The van der Waals surface area contributed by atoms with Crippen LogP contribution >= 0.6 is 11.3 Å². The van der Waals surface area contributed by atoms with Crippen LogP contribution in [0.25, 0.3) is 10.2 Å². The Balaban J connectivity index is 1.77. The average Bonchev–Trinajstić information content (AvgIpc) is 3.22. The number of thiazole rings is 1. The molecule has 0 atom stereocenters. The first-order chi connectivity index (χ1) is 14.6. The van der Waals surface area contributed by atoms with E-state index < -0.39 is 11.8 Å². The number of ether oxygens (including phenoxy) is 3. The van der Waals surface area contributed by atoms with Crippen LogP contribution in [0.4, 0.5) is 0 Å². The van der Waals surface area contributed by atoms with Crippen molar-refractivity contribution in [2.75, 3.05) is 19.8 Å². The number of amides is 2. The summed E-state index contributed by atoms with van der Waals surface area (Å²) in [6, 6.07) is 8.26. The molecule has 0 bridgehead atoms. The molecule has 0 saturated carbocycles. The van der Waals surface area contributed by atoms with Crippen molar-refractivity contribution < 1.29 is 23.8 Å². The number of carbonyl (C=O) groups is 2. The average molecular weight is 429 g/mol. The van der Waals surface area contributed by atoms with Gasteiger partial charge in [0, 0.05) is 11.1 Å². The van der Waals surface area contributed by atoms with Crippen molar-refractivity contribution >= 4 is 33.4 Å². The van der Waals surface area contributed by atoms with Gasteiger partial charge in [-0.05, 0) is 51.1 Å². The van der Waals surface area contributed by atoms with E-state index in [1.807, 2.05) is 20.8 Å². The van der Waals surface area contributed by atoms with Crippen LogP contribution in [0, 0.1) is 0 Å². The number of carbonyl (C=O) groups excluding carboxylic acids is 2. The van der Waals surface area contributed by atoms with Gasteiger partial charge in [0.2, 0.25) is 5.75 Å². The molecule has 0 aliphatic rings. The molecule has 1 aromatic heterocycles. The number of hydrogen-bond donors (Lipinski definition) is 2. The SMILES string of the molecule is CCOc1cc(C(=O)NNC(=O)c2ccc3ncsc3c2)cc(OCC)c1OCC. The van der Waals surface area contributed by atoms with Gasteiger partial charge in [-0.25, -0.2) is 4.98 Å². The molecule has 2 aromatic carbocycles. The Labute approximate surface area is 178 Å². The number of nitrogens with zero attached hydrogens (tertiary/aromatic N) is 1. The van der Waals surface area contributed by atoms with Gasteiger partial charge in [0.05, 0.1) is 35.5 Å². The lowest BCUT2D eigenvalue weighted by Crippen LogP contribution is -2.41. The van der Waals surface area contributed by atoms with E-state index in [-0.39, 0.29) is 5.56 Å². The van der Waals surface area contributed by atoms with Crippen LogP contribution in [-0.2, 0) is 0 Å². The third kappa shape index (κ3) is 4.80. The molecule has 0 unspecified atom stereocenters. The smallest absolute Gasteiger partial charge is 0.269 e. The maximum atomic E-state index is 12.6. The fraction of sp³-hybridized carbons (Fsp3) is 0.286.